The molecule has 0 aliphatic rings. The van der Waals surface area contributed by atoms with Crippen molar-refractivity contribution >= 4 is 11.6 Å². The molecular weight excluding hydrogens is 210 g/mol. The largest absolute Gasteiger partial charge is 0.306 e. The maximum atomic E-state index is 6.08. The van der Waals surface area contributed by atoms with Gasteiger partial charge in [0.05, 0.1) is 6.20 Å². The maximum Gasteiger partial charge on any atom is 0.0534 e. The van der Waals surface area contributed by atoms with Gasteiger partial charge in [0, 0.05) is 35.8 Å². The number of aromatic nitrogens is 2. The minimum atomic E-state index is -0.0597. The first-order valence-electron chi connectivity index (χ1n) is 5.36. The summed E-state index contributed by atoms with van der Waals surface area (Å²) in [5, 5.41) is 7.75. The van der Waals surface area contributed by atoms with Gasteiger partial charge >= 0.3 is 0 Å². The predicted octanol–water partition coefficient (Wildman–Crippen LogP) is 2.40. The third kappa shape index (κ3) is 3.50. The van der Waals surface area contributed by atoms with Gasteiger partial charge in [-0.1, -0.05) is 0 Å². The summed E-state index contributed by atoms with van der Waals surface area (Å²) in [4.78, 5) is 0. The van der Waals surface area contributed by atoms with Crippen LogP contribution in [0.3, 0.4) is 0 Å². The van der Waals surface area contributed by atoms with E-state index in [9.17, 15) is 0 Å². The normalized spacial score (nSPS) is 14.2. The van der Waals surface area contributed by atoms with Crippen LogP contribution in [0.15, 0.2) is 12.4 Å². The molecule has 1 heterocycles. The Balaban J connectivity index is 2.50. The highest BCUT2D eigenvalue weighted by molar-refractivity contribution is 6.21. The van der Waals surface area contributed by atoms with Crippen molar-refractivity contribution in [2.24, 2.45) is 0 Å². The van der Waals surface area contributed by atoms with Crippen LogP contribution in [0.2, 0.25) is 0 Å². The van der Waals surface area contributed by atoms with Gasteiger partial charge in [-0.15, -0.1) is 11.6 Å². The zero-order valence-corrected chi connectivity index (χ0v) is 10.7. The second kappa shape index (κ2) is 4.99. The Kier molecular flexibility index (Phi) is 4.17. The third-order valence-corrected chi connectivity index (χ3v) is 3.30. The zero-order chi connectivity index (χ0) is 11.5. The molecule has 86 valence electrons. The summed E-state index contributed by atoms with van der Waals surface area (Å²) >= 11 is 6.08. The summed E-state index contributed by atoms with van der Waals surface area (Å²) in [5.41, 5.74) is 1.14. The molecule has 4 heteroatoms. The van der Waals surface area contributed by atoms with E-state index in [1.165, 1.54) is 5.56 Å². The number of nitrogens with one attached hydrogen (secondary N) is 1. The fourth-order valence-electron chi connectivity index (χ4n) is 1.14. The summed E-state index contributed by atoms with van der Waals surface area (Å²) in [5.74, 6) is 0. The summed E-state index contributed by atoms with van der Waals surface area (Å²) in [7, 11) is 0. The molecule has 0 saturated carbocycles. The molecule has 0 amide bonds. The van der Waals surface area contributed by atoms with E-state index in [1.807, 2.05) is 17.8 Å². The fourth-order valence-corrected chi connectivity index (χ4v) is 1.22. The molecule has 1 rings (SSSR count). The SMILES string of the molecule is CCn1cc(CNC(C)(C)C(C)Cl)cn1. The van der Waals surface area contributed by atoms with E-state index in [1.54, 1.807) is 0 Å². The summed E-state index contributed by atoms with van der Waals surface area (Å²) in [6.07, 6.45) is 3.95. The van der Waals surface area contributed by atoms with E-state index in [2.05, 4.69) is 37.4 Å². The van der Waals surface area contributed by atoms with Gasteiger partial charge in [-0.3, -0.25) is 4.68 Å². The first kappa shape index (κ1) is 12.5. The number of hydrogen-bond donors (Lipinski definition) is 1. The van der Waals surface area contributed by atoms with Crippen LogP contribution in [0, 0.1) is 0 Å². The molecule has 0 fully saturated rings. The summed E-state index contributed by atoms with van der Waals surface area (Å²) in [6, 6.07) is 0. The number of rotatable bonds is 5. The van der Waals surface area contributed by atoms with E-state index < -0.39 is 0 Å². The van der Waals surface area contributed by atoms with Crippen LogP contribution in [-0.4, -0.2) is 20.7 Å². The average Bonchev–Trinajstić information content (AvgIpc) is 2.62. The molecule has 1 aromatic rings. The first-order chi connectivity index (χ1) is 6.95. The zero-order valence-electron chi connectivity index (χ0n) is 9.92. The van der Waals surface area contributed by atoms with E-state index in [4.69, 9.17) is 11.6 Å². The summed E-state index contributed by atoms with van der Waals surface area (Å²) < 4.78 is 1.92. The maximum absolute atomic E-state index is 6.08. The fraction of sp³-hybridized carbons (Fsp3) is 0.727. The van der Waals surface area contributed by atoms with Crippen molar-refractivity contribution in [1.82, 2.24) is 15.1 Å². The smallest absolute Gasteiger partial charge is 0.0534 e. The Morgan fingerprint density at radius 1 is 1.60 bits per heavy atom. The Labute approximate surface area is 96.8 Å². The highest BCUT2D eigenvalue weighted by Crippen LogP contribution is 2.15. The van der Waals surface area contributed by atoms with Crippen LogP contribution >= 0.6 is 11.6 Å². The van der Waals surface area contributed by atoms with E-state index in [0.29, 0.717) is 0 Å². The van der Waals surface area contributed by atoms with E-state index in [0.717, 1.165) is 13.1 Å². The van der Waals surface area contributed by atoms with Crippen molar-refractivity contribution in [3.63, 3.8) is 0 Å². The van der Waals surface area contributed by atoms with Crippen LogP contribution in [0.4, 0.5) is 0 Å². The van der Waals surface area contributed by atoms with E-state index >= 15 is 0 Å². The topological polar surface area (TPSA) is 29.9 Å². The number of halogens is 1. The Morgan fingerprint density at radius 3 is 2.73 bits per heavy atom. The molecule has 0 bridgehead atoms. The number of hydrogen-bond acceptors (Lipinski definition) is 2. The van der Waals surface area contributed by atoms with E-state index in [-0.39, 0.29) is 10.9 Å². The van der Waals surface area contributed by atoms with Gasteiger partial charge in [0.15, 0.2) is 0 Å². The van der Waals surface area contributed by atoms with Gasteiger partial charge in [0.25, 0.3) is 0 Å². The first-order valence-corrected chi connectivity index (χ1v) is 5.79. The Bertz CT molecular complexity index is 305. The molecular formula is C11H20ClN3. The molecule has 0 aromatic carbocycles. The molecule has 0 spiro atoms. The van der Waals surface area contributed by atoms with Gasteiger partial charge in [-0.2, -0.15) is 5.10 Å². The van der Waals surface area contributed by atoms with Crippen molar-refractivity contribution in [3.8, 4) is 0 Å². The lowest BCUT2D eigenvalue weighted by molar-refractivity contribution is 0.380. The van der Waals surface area contributed by atoms with Gasteiger partial charge in [0.1, 0.15) is 0 Å². The molecule has 0 saturated heterocycles. The standard InChI is InChI=1S/C11H20ClN3/c1-5-15-8-10(7-14-15)6-13-11(3,4)9(2)12/h7-9,13H,5-6H2,1-4H3. The Morgan fingerprint density at radius 2 is 2.27 bits per heavy atom. The van der Waals surface area contributed by atoms with Crippen molar-refractivity contribution in [2.75, 3.05) is 0 Å². The Hall–Kier alpha value is -0.540. The molecule has 15 heavy (non-hydrogen) atoms. The third-order valence-electron chi connectivity index (χ3n) is 2.75. The van der Waals surface area contributed by atoms with Crippen molar-refractivity contribution in [1.29, 1.82) is 0 Å². The number of alkyl halides is 1. The lowest BCUT2D eigenvalue weighted by atomic mass is 10.0. The minimum absolute atomic E-state index is 0.0597. The van der Waals surface area contributed by atoms with Crippen LogP contribution in [0.5, 0.6) is 0 Å². The van der Waals surface area contributed by atoms with Crippen LogP contribution in [-0.2, 0) is 13.1 Å². The molecule has 3 nitrogen and oxygen atoms in total. The van der Waals surface area contributed by atoms with Crippen LogP contribution in [0.1, 0.15) is 33.3 Å². The van der Waals surface area contributed by atoms with Crippen molar-refractivity contribution in [3.05, 3.63) is 18.0 Å². The molecule has 0 aliphatic heterocycles. The molecule has 1 atom stereocenters. The molecule has 1 unspecified atom stereocenters. The lowest BCUT2D eigenvalue weighted by Gasteiger charge is -2.28. The molecule has 0 aliphatic carbocycles. The van der Waals surface area contributed by atoms with Crippen LogP contribution < -0.4 is 5.32 Å². The van der Waals surface area contributed by atoms with Crippen molar-refractivity contribution < 1.29 is 0 Å². The highest BCUT2D eigenvalue weighted by atomic mass is 35.5. The average molecular weight is 230 g/mol. The van der Waals surface area contributed by atoms with Gasteiger partial charge < -0.3 is 5.32 Å². The molecule has 1 aromatic heterocycles. The predicted molar refractivity (Wildman–Crippen MR) is 64.1 cm³/mol. The van der Waals surface area contributed by atoms with Gasteiger partial charge in [-0.25, -0.2) is 0 Å². The summed E-state index contributed by atoms with van der Waals surface area (Å²) in [6.45, 7) is 10.0. The monoisotopic (exact) mass is 229 g/mol. The highest BCUT2D eigenvalue weighted by Gasteiger charge is 2.22. The van der Waals surface area contributed by atoms with Crippen LogP contribution in [0.25, 0.3) is 0 Å². The minimum Gasteiger partial charge on any atom is -0.306 e. The quantitative estimate of drug-likeness (QED) is 0.786. The van der Waals surface area contributed by atoms with Gasteiger partial charge in [-0.05, 0) is 27.7 Å². The second-order valence-corrected chi connectivity index (χ2v) is 5.05. The second-order valence-electron chi connectivity index (χ2n) is 4.40. The molecule has 1 N–H and O–H groups in total. The lowest BCUT2D eigenvalue weighted by Crippen LogP contribution is -2.45. The number of nitrogens with zero attached hydrogens (tertiary/aromatic N) is 2. The molecule has 0 radical (unpaired) electrons. The van der Waals surface area contributed by atoms with Gasteiger partial charge in [0.2, 0.25) is 0 Å². The number of aryl methyl sites for hydroxylation is 1. The van der Waals surface area contributed by atoms with Crippen molar-refractivity contribution in [2.45, 2.75) is 51.7 Å².